The second kappa shape index (κ2) is 8.04. The molecule has 24 heavy (non-hydrogen) atoms. The molecule has 1 N–H and O–H groups in total. The molecule has 1 saturated heterocycles. The van der Waals surface area contributed by atoms with Gasteiger partial charge in [-0.25, -0.2) is 4.39 Å². The molecule has 2 aromatic carbocycles. The first-order valence-electron chi connectivity index (χ1n) is 8.23. The van der Waals surface area contributed by atoms with Crippen molar-refractivity contribution in [3.8, 4) is 0 Å². The van der Waals surface area contributed by atoms with Gasteiger partial charge in [-0.1, -0.05) is 30.3 Å². The molecule has 4 nitrogen and oxygen atoms in total. The number of nitrogens with zero attached hydrogens (tertiary/aromatic N) is 2. The summed E-state index contributed by atoms with van der Waals surface area (Å²) in [5.74, 6) is -0.361. The Morgan fingerprint density at radius 1 is 0.917 bits per heavy atom. The highest BCUT2D eigenvalue weighted by atomic mass is 19.1. The highest BCUT2D eigenvalue weighted by Crippen LogP contribution is 2.10. The SMILES string of the molecule is O=C(CN1CCN(Cc2ccccc2)CC1)Nc1ccc(F)cc1. The molecule has 0 radical (unpaired) electrons. The largest absolute Gasteiger partial charge is 0.325 e. The number of nitrogens with one attached hydrogen (secondary N) is 1. The molecule has 0 saturated carbocycles. The smallest absolute Gasteiger partial charge is 0.238 e. The first kappa shape index (κ1) is 16.6. The first-order valence-corrected chi connectivity index (χ1v) is 8.23. The predicted molar refractivity (Wildman–Crippen MR) is 93.2 cm³/mol. The van der Waals surface area contributed by atoms with Gasteiger partial charge in [0.05, 0.1) is 6.54 Å². The number of hydrogen-bond donors (Lipinski definition) is 1. The lowest BCUT2D eigenvalue weighted by Crippen LogP contribution is -2.48. The summed E-state index contributed by atoms with van der Waals surface area (Å²) in [6, 6.07) is 16.3. The van der Waals surface area contributed by atoms with Crippen LogP contribution in [0.1, 0.15) is 5.56 Å². The number of amides is 1. The van der Waals surface area contributed by atoms with Crippen LogP contribution in [0, 0.1) is 5.82 Å². The lowest BCUT2D eigenvalue weighted by Gasteiger charge is -2.34. The molecule has 5 heteroatoms. The van der Waals surface area contributed by atoms with Gasteiger partial charge in [-0.2, -0.15) is 0 Å². The van der Waals surface area contributed by atoms with Gasteiger partial charge in [0.2, 0.25) is 5.91 Å². The molecule has 0 aliphatic carbocycles. The topological polar surface area (TPSA) is 35.6 Å². The van der Waals surface area contributed by atoms with Crippen molar-refractivity contribution < 1.29 is 9.18 Å². The fourth-order valence-electron chi connectivity index (χ4n) is 2.88. The van der Waals surface area contributed by atoms with E-state index in [1.165, 1.54) is 17.7 Å². The number of piperazine rings is 1. The van der Waals surface area contributed by atoms with Crippen LogP contribution >= 0.6 is 0 Å². The molecule has 0 unspecified atom stereocenters. The second-order valence-corrected chi connectivity index (χ2v) is 6.09. The van der Waals surface area contributed by atoms with Gasteiger partial charge < -0.3 is 5.32 Å². The Hall–Kier alpha value is -2.24. The van der Waals surface area contributed by atoms with Crippen LogP contribution in [-0.2, 0) is 11.3 Å². The van der Waals surface area contributed by atoms with Crippen molar-refractivity contribution >= 4 is 11.6 Å². The quantitative estimate of drug-likeness (QED) is 0.917. The molecule has 1 fully saturated rings. The van der Waals surface area contributed by atoms with E-state index in [0.29, 0.717) is 12.2 Å². The number of halogens is 1. The van der Waals surface area contributed by atoms with Crippen molar-refractivity contribution in [1.29, 1.82) is 0 Å². The van der Waals surface area contributed by atoms with Crippen LogP contribution in [0.4, 0.5) is 10.1 Å². The number of anilines is 1. The Morgan fingerprint density at radius 2 is 1.54 bits per heavy atom. The van der Waals surface area contributed by atoms with E-state index in [2.05, 4.69) is 39.4 Å². The standard InChI is InChI=1S/C19H22FN3O/c20-17-6-8-18(9-7-17)21-19(24)15-23-12-10-22(11-13-23)14-16-4-2-1-3-5-16/h1-9H,10-15H2,(H,21,24). The number of rotatable bonds is 5. The Kier molecular flexibility index (Phi) is 5.56. The zero-order valence-electron chi connectivity index (χ0n) is 13.6. The van der Waals surface area contributed by atoms with Crippen LogP contribution in [-0.4, -0.2) is 48.4 Å². The molecule has 126 valence electrons. The Morgan fingerprint density at radius 3 is 2.21 bits per heavy atom. The molecule has 1 aliphatic rings. The number of hydrogen-bond acceptors (Lipinski definition) is 3. The third-order valence-corrected chi connectivity index (χ3v) is 4.21. The van der Waals surface area contributed by atoms with Crippen LogP contribution in [0.3, 0.4) is 0 Å². The van der Waals surface area contributed by atoms with Crippen LogP contribution < -0.4 is 5.32 Å². The van der Waals surface area contributed by atoms with Gasteiger partial charge in [-0.05, 0) is 29.8 Å². The maximum absolute atomic E-state index is 12.9. The highest BCUT2D eigenvalue weighted by Gasteiger charge is 2.19. The monoisotopic (exact) mass is 327 g/mol. The van der Waals surface area contributed by atoms with Crippen molar-refractivity contribution in [2.24, 2.45) is 0 Å². The summed E-state index contributed by atoms with van der Waals surface area (Å²) in [5, 5.41) is 2.81. The van der Waals surface area contributed by atoms with E-state index >= 15 is 0 Å². The summed E-state index contributed by atoms with van der Waals surface area (Å²) in [5.41, 5.74) is 1.95. The third kappa shape index (κ3) is 4.88. The van der Waals surface area contributed by atoms with E-state index in [-0.39, 0.29) is 11.7 Å². The summed E-state index contributed by atoms with van der Waals surface area (Å²) >= 11 is 0. The van der Waals surface area contributed by atoms with Crippen molar-refractivity contribution in [3.63, 3.8) is 0 Å². The van der Waals surface area contributed by atoms with Crippen molar-refractivity contribution in [3.05, 3.63) is 66.0 Å². The molecule has 0 spiro atoms. The van der Waals surface area contributed by atoms with Crippen LogP contribution in [0.5, 0.6) is 0 Å². The maximum atomic E-state index is 12.9. The molecular formula is C19H22FN3O. The average Bonchev–Trinajstić information content (AvgIpc) is 2.60. The number of benzene rings is 2. The summed E-state index contributed by atoms with van der Waals surface area (Å²) in [6.45, 7) is 5.00. The van der Waals surface area contributed by atoms with E-state index in [1.807, 2.05) is 6.07 Å². The summed E-state index contributed by atoms with van der Waals surface area (Å²) in [6.07, 6.45) is 0. The lowest BCUT2D eigenvalue weighted by molar-refractivity contribution is -0.117. The van der Waals surface area contributed by atoms with Gasteiger partial charge >= 0.3 is 0 Å². The molecule has 0 bridgehead atoms. The van der Waals surface area contributed by atoms with E-state index in [9.17, 15) is 9.18 Å². The maximum Gasteiger partial charge on any atom is 0.238 e. The van der Waals surface area contributed by atoms with Crippen LogP contribution in [0.25, 0.3) is 0 Å². The van der Waals surface area contributed by atoms with E-state index in [0.717, 1.165) is 32.7 Å². The van der Waals surface area contributed by atoms with Gasteiger partial charge in [0, 0.05) is 38.4 Å². The molecule has 0 atom stereocenters. The van der Waals surface area contributed by atoms with Gasteiger partial charge in [0.25, 0.3) is 0 Å². The fraction of sp³-hybridized carbons (Fsp3) is 0.316. The van der Waals surface area contributed by atoms with Gasteiger partial charge in [0.1, 0.15) is 5.82 Å². The summed E-state index contributed by atoms with van der Waals surface area (Å²) < 4.78 is 12.9. The van der Waals surface area contributed by atoms with E-state index < -0.39 is 0 Å². The lowest BCUT2D eigenvalue weighted by atomic mass is 10.2. The highest BCUT2D eigenvalue weighted by molar-refractivity contribution is 5.92. The second-order valence-electron chi connectivity index (χ2n) is 6.09. The molecule has 3 rings (SSSR count). The normalized spacial score (nSPS) is 16.0. The Bertz CT molecular complexity index is 652. The first-order chi connectivity index (χ1) is 11.7. The van der Waals surface area contributed by atoms with Crippen LogP contribution in [0.2, 0.25) is 0 Å². The van der Waals surface area contributed by atoms with Gasteiger partial charge in [0.15, 0.2) is 0 Å². The molecule has 2 aromatic rings. The fourth-order valence-corrected chi connectivity index (χ4v) is 2.88. The Labute approximate surface area is 141 Å². The van der Waals surface area contributed by atoms with Gasteiger partial charge in [-0.3, -0.25) is 14.6 Å². The molecule has 1 heterocycles. The minimum atomic E-state index is -0.303. The van der Waals surface area contributed by atoms with Crippen LogP contribution in [0.15, 0.2) is 54.6 Å². The summed E-state index contributed by atoms with van der Waals surface area (Å²) in [4.78, 5) is 16.6. The minimum Gasteiger partial charge on any atom is -0.325 e. The molecule has 0 aromatic heterocycles. The van der Waals surface area contributed by atoms with E-state index in [4.69, 9.17) is 0 Å². The zero-order valence-corrected chi connectivity index (χ0v) is 13.6. The van der Waals surface area contributed by atoms with Gasteiger partial charge in [-0.15, -0.1) is 0 Å². The Balaban J connectivity index is 1.41. The van der Waals surface area contributed by atoms with E-state index in [1.54, 1.807) is 12.1 Å². The molecule has 1 aliphatic heterocycles. The predicted octanol–water partition coefficient (Wildman–Crippen LogP) is 2.58. The third-order valence-electron chi connectivity index (χ3n) is 4.21. The number of carbonyl (C=O) groups excluding carboxylic acids is 1. The molecule has 1 amide bonds. The van der Waals surface area contributed by atoms with Crippen molar-refractivity contribution in [2.75, 3.05) is 38.0 Å². The molecular weight excluding hydrogens is 305 g/mol. The average molecular weight is 327 g/mol. The minimum absolute atomic E-state index is 0.0573. The zero-order chi connectivity index (χ0) is 16.8. The number of carbonyl (C=O) groups is 1. The van der Waals surface area contributed by atoms with Crippen molar-refractivity contribution in [1.82, 2.24) is 9.80 Å². The van der Waals surface area contributed by atoms with Crippen molar-refractivity contribution in [2.45, 2.75) is 6.54 Å². The summed E-state index contributed by atoms with van der Waals surface area (Å²) in [7, 11) is 0.